The van der Waals surface area contributed by atoms with Gasteiger partial charge in [0.05, 0.1) is 0 Å². The minimum absolute atomic E-state index is 0.0214. The van der Waals surface area contributed by atoms with Crippen molar-refractivity contribution in [2.45, 2.75) is 31.3 Å². The maximum absolute atomic E-state index is 12.5. The summed E-state index contributed by atoms with van der Waals surface area (Å²) in [5.41, 5.74) is 2.22. The summed E-state index contributed by atoms with van der Waals surface area (Å²) in [7, 11) is 0. The zero-order valence-corrected chi connectivity index (χ0v) is 21.7. The van der Waals surface area contributed by atoms with E-state index in [1.807, 2.05) is 60.7 Å². The number of rotatable bonds is 8. The van der Waals surface area contributed by atoms with Gasteiger partial charge in [-0.2, -0.15) is 0 Å². The van der Waals surface area contributed by atoms with E-state index in [0.29, 0.717) is 0 Å². The van der Waals surface area contributed by atoms with Crippen LogP contribution in [-0.4, -0.2) is 32.2 Å². The van der Waals surface area contributed by atoms with Crippen molar-refractivity contribution in [2.75, 3.05) is 11.0 Å². The Morgan fingerprint density at radius 1 is 0.971 bits per heavy atom. The first-order valence-corrected chi connectivity index (χ1v) is 15.0. The van der Waals surface area contributed by atoms with Crippen LogP contribution in [0.15, 0.2) is 78.9 Å². The van der Waals surface area contributed by atoms with Gasteiger partial charge in [-0.1, -0.05) is 0 Å². The van der Waals surface area contributed by atoms with Crippen LogP contribution in [0.3, 0.4) is 0 Å². The molecular formula is C27H28INO6. The van der Waals surface area contributed by atoms with Gasteiger partial charge in [-0.3, -0.25) is 0 Å². The van der Waals surface area contributed by atoms with E-state index in [9.17, 15) is 19.5 Å². The Bertz CT molecular complexity index is 1160. The van der Waals surface area contributed by atoms with Crippen molar-refractivity contribution < 1.29 is 29.0 Å². The van der Waals surface area contributed by atoms with Gasteiger partial charge in [0.2, 0.25) is 0 Å². The quantitative estimate of drug-likeness (QED) is 0.131. The third-order valence-electron chi connectivity index (χ3n) is 6.26. The number of esters is 1. The molecule has 4 rings (SSSR count). The molecule has 2 aromatic rings. The van der Waals surface area contributed by atoms with Crippen molar-refractivity contribution in [3.8, 4) is 0 Å². The van der Waals surface area contributed by atoms with Crippen molar-refractivity contribution in [3.05, 3.63) is 95.6 Å². The average Bonchev–Trinajstić information content (AvgIpc) is 3.16. The average molecular weight is 589 g/mol. The van der Waals surface area contributed by atoms with E-state index in [2.05, 4.69) is 21.7 Å². The zero-order chi connectivity index (χ0) is 25.0. The van der Waals surface area contributed by atoms with Gasteiger partial charge in [-0.15, -0.1) is 0 Å². The molecule has 0 aromatic heterocycles. The first kappa shape index (κ1) is 25.0. The molecule has 0 spiro atoms. The molecule has 0 saturated carbocycles. The van der Waals surface area contributed by atoms with Gasteiger partial charge in [-0.05, 0) is 0 Å². The first-order valence-electron chi connectivity index (χ1n) is 11.3. The molecule has 0 saturated heterocycles. The van der Waals surface area contributed by atoms with E-state index in [0.717, 1.165) is 11.1 Å². The summed E-state index contributed by atoms with van der Waals surface area (Å²) in [4.78, 5) is 36.9. The van der Waals surface area contributed by atoms with Crippen LogP contribution in [-0.2, 0) is 19.9 Å². The predicted molar refractivity (Wildman–Crippen MR) is 141 cm³/mol. The van der Waals surface area contributed by atoms with E-state index < -0.39 is 41.7 Å². The molecule has 0 aliphatic heterocycles. The molecular weight excluding hydrogens is 561 g/mol. The molecule has 0 heterocycles. The van der Waals surface area contributed by atoms with Crippen molar-refractivity contribution in [2.24, 2.45) is 5.92 Å². The third-order valence-corrected chi connectivity index (χ3v) is 9.85. The van der Waals surface area contributed by atoms with E-state index in [1.165, 1.54) is 5.56 Å². The van der Waals surface area contributed by atoms with Crippen LogP contribution in [0.25, 0.3) is 0 Å². The van der Waals surface area contributed by atoms with E-state index in [-0.39, 0.29) is 28.8 Å². The summed E-state index contributed by atoms with van der Waals surface area (Å²) in [5.74, 6) is -0.280. The number of nitrogens with one attached hydrogen (secondary N) is 1. The molecule has 2 aliphatic rings. The van der Waals surface area contributed by atoms with Crippen LogP contribution in [0.4, 0.5) is 9.59 Å². The number of hydrogen-bond acceptors (Lipinski definition) is 5. The van der Waals surface area contributed by atoms with Gasteiger partial charge in [0, 0.05) is 0 Å². The first-order chi connectivity index (χ1) is 16.8. The normalized spacial score (nSPS) is 20.4. The van der Waals surface area contributed by atoms with Gasteiger partial charge in [0.25, 0.3) is 0 Å². The Balaban J connectivity index is 1.35. The molecule has 1 amide bonds. The molecule has 0 bridgehead atoms. The third kappa shape index (κ3) is 5.75. The van der Waals surface area contributed by atoms with Gasteiger partial charge >= 0.3 is 212 Å². The minimum atomic E-state index is -3.28. The van der Waals surface area contributed by atoms with Gasteiger partial charge in [0.1, 0.15) is 0 Å². The van der Waals surface area contributed by atoms with E-state index in [1.54, 1.807) is 13.8 Å². The van der Waals surface area contributed by atoms with Crippen molar-refractivity contribution >= 4 is 36.1 Å². The molecule has 0 fully saturated rings. The number of amides is 1. The summed E-state index contributed by atoms with van der Waals surface area (Å²) < 4.78 is 11.9. The monoisotopic (exact) mass is 589 g/mol. The van der Waals surface area contributed by atoms with Crippen LogP contribution in [0.1, 0.15) is 42.4 Å². The Morgan fingerprint density at radius 2 is 1.63 bits per heavy atom. The topological polar surface area (TPSA) is 102 Å². The Kier molecular flexibility index (Phi) is 7.59. The molecule has 2 N–H and O–H groups in total. The number of carbonyl (C=O) groups is 3. The Labute approximate surface area is 211 Å². The van der Waals surface area contributed by atoms with Crippen molar-refractivity contribution in [3.63, 3.8) is 0 Å². The number of fused-ring (bicyclic) bond motifs is 3. The molecule has 2 aromatic carbocycles. The number of alkyl halides is 1. The Hall–Kier alpha value is -3.14. The van der Waals surface area contributed by atoms with Gasteiger partial charge in [-0.25, -0.2) is 0 Å². The second kappa shape index (κ2) is 10.6. The SMILES string of the molecule is CC(C)(OC(=O)CI(NC(=O)OCC1c2ccccc2C2C=CC=CC21)C(=O)O)c1ccccc1. The van der Waals surface area contributed by atoms with Crippen LogP contribution >= 0.6 is 20.1 Å². The number of halogens is 1. The van der Waals surface area contributed by atoms with Crippen molar-refractivity contribution in [1.29, 1.82) is 0 Å². The maximum atomic E-state index is 12.5. The second-order valence-electron chi connectivity index (χ2n) is 8.90. The molecule has 7 nitrogen and oxygen atoms in total. The fraction of sp³-hybridized carbons (Fsp3) is 0.296. The van der Waals surface area contributed by atoms with Gasteiger partial charge in [0.15, 0.2) is 0 Å². The van der Waals surface area contributed by atoms with Crippen LogP contribution in [0, 0.1) is 5.92 Å². The van der Waals surface area contributed by atoms with E-state index >= 15 is 0 Å². The standard InChI is InChI=1S/C27H28INO6/c1-27(2,18-10-4-3-5-11-18)35-24(30)16-28(25(31)32)29-26(33)34-17-23-21-14-8-6-12-19(21)20-13-7-9-15-22(20)23/h3-15,19,21,23H,16-17H2,1-2H3,(H,29,33)(H,31,32). The molecule has 3 unspecified atom stereocenters. The summed E-state index contributed by atoms with van der Waals surface area (Å²) >= 11 is -3.28. The van der Waals surface area contributed by atoms with E-state index in [4.69, 9.17) is 9.47 Å². The fourth-order valence-electron chi connectivity index (χ4n) is 4.62. The number of allylic oxidation sites excluding steroid dienone is 4. The van der Waals surface area contributed by atoms with Crippen LogP contribution < -0.4 is 3.53 Å². The second-order valence-corrected chi connectivity index (χ2v) is 13.2. The fourth-order valence-corrected chi connectivity index (χ4v) is 6.83. The molecule has 184 valence electrons. The predicted octanol–water partition coefficient (Wildman–Crippen LogP) is 5.91. The molecule has 8 heteroatoms. The summed E-state index contributed by atoms with van der Waals surface area (Å²) in [5, 5.41) is 9.63. The summed E-state index contributed by atoms with van der Waals surface area (Å²) in [6.07, 6.45) is 7.48. The number of carboxylic acid groups (broad SMARTS) is 1. The molecule has 0 radical (unpaired) electrons. The zero-order valence-electron chi connectivity index (χ0n) is 19.5. The molecule has 35 heavy (non-hydrogen) atoms. The molecule has 2 aliphatic carbocycles. The number of hydrogen-bond donors (Lipinski definition) is 2. The Morgan fingerprint density at radius 3 is 2.34 bits per heavy atom. The molecule has 3 atom stereocenters. The number of carbonyl (C=O) groups excluding carboxylic acids is 2. The van der Waals surface area contributed by atoms with Crippen LogP contribution in [0.5, 0.6) is 0 Å². The number of ether oxygens (including phenoxy) is 2. The van der Waals surface area contributed by atoms with Gasteiger partial charge < -0.3 is 0 Å². The number of benzene rings is 2. The van der Waals surface area contributed by atoms with Crippen LogP contribution in [0.2, 0.25) is 0 Å². The summed E-state index contributed by atoms with van der Waals surface area (Å²) in [6.45, 7) is 3.60. The van der Waals surface area contributed by atoms with Crippen molar-refractivity contribution in [1.82, 2.24) is 3.53 Å². The summed E-state index contributed by atoms with van der Waals surface area (Å²) in [6, 6.07) is 17.3.